The van der Waals surface area contributed by atoms with Crippen molar-refractivity contribution in [1.82, 2.24) is 9.55 Å². The Labute approximate surface area is 179 Å². The number of aromatic amines is 1. The van der Waals surface area contributed by atoms with Crippen LogP contribution in [0.25, 0.3) is 10.8 Å². The molecule has 1 aliphatic rings. The van der Waals surface area contributed by atoms with Gasteiger partial charge in [-0.2, -0.15) is 5.10 Å². The molecule has 4 rings (SSSR count). The summed E-state index contributed by atoms with van der Waals surface area (Å²) in [6, 6.07) is 13.8. The second kappa shape index (κ2) is 9.09. The van der Waals surface area contributed by atoms with E-state index < -0.39 is 5.56 Å². The normalized spacial score (nSPS) is 14.2. The zero-order chi connectivity index (χ0) is 20.9. The highest BCUT2D eigenvalue weighted by atomic mass is 32.1. The minimum absolute atomic E-state index is 0.0777. The molecule has 0 unspecified atom stereocenters. The van der Waals surface area contributed by atoms with Crippen LogP contribution < -0.4 is 11.0 Å². The molecule has 7 heteroatoms. The van der Waals surface area contributed by atoms with Gasteiger partial charge in [-0.05, 0) is 55.8 Å². The van der Waals surface area contributed by atoms with Crippen molar-refractivity contribution in [1.29, 1.82) is 0 Å². The Hall–Kier alpha value is -3.19. The van der Waals surface area contributed by atoms with E-state index in [1.54, 1.807) is 4.57 Å². The Morgan fingerprint density at radius 1 is 1.20 bits per heavy atom. The lowest BCUT2D eigenvalue weighted by molar-refractivity contribution is 0.402. The van der Waals surface area contributed by atoms with Gasteiger partial charge in [0.1, 0.15) is 5.56 Å². The Kier molecular flexibility index (Phi) is 6.09. The number of rotatable bonds is 6. The third-order valence-corrected chi connectivity index (χ3v) is 5.74. The molecule has 0 bridgehead atoms. The summed E-state index contributed by atoms with van der Waals surface area (Å²) in [6.45, 7) is 0.519. The van der Waals surface area contributed by atoms with Crippen LogP contribution in [-0.2, 0) is 6.54 Å². The van der Waals surface area contributed by atoms with Gasteiger partial charge < -0.3 is 5.11 Å². The largest absolute Gasteiger partial charge is 0.494 e. The fourth-order valence-corrected chi connectivity index (χ4v) is 4.05. The zero-order valence-electron chi connectivity index (χ0n) is 16.6. The summed E-state index contributed by atoms with van der Waals surface area (Å²) in [6.07, 6.45) is 9.03. The number of aromatic hydroxyl groups is 1. The highest BCUT2D eigenvalue weighted by molar-refractivity contribution is 7.71. The lowest BCUT2D eigenvalue weighted by Crippen LogP contribution is -2.19. The number of nitrogens with zero attached hydrogens (tertiary/aromatic N) is 2. The summed E-state index contributed by atoms with van der Waals surface area (Å²) in [7, 11) is 0. The second-order valence-electron chi connectivity index (χ2n) is 7.40. The van der Waals surface area contributed by atoms with Crippen molar-refractivity contribution < 1.29 is 5.11 Å². The van der Waals surface area contributed by atoms with E-state index in [0.717, 1.165) is 35.7 Å². The molecule has 0 atom stereocenters. The van der Waals surface area contributed by atoms with Crippen LogP contribution in [0.3, 0.4) is 0 Å². The number of fused-ring (bicyclic) bond motifs is 1. The number of allylic oxidation sites excluding steroid dienone is 2. The van der Waals surface area contributed by atoms with Crippen molar-refractivity contribution in [2.45, 2.75) is 38.6 Å². The van der Waals surface area contributed by atoms with Crippen LogP contribution in [0, 0.1) is 4.77 Å². The Bertz CT molecular complexity index is 1230. The molecule has 1 aromatic heterocycles. The molecule has 0 radical (unpaired) electrons. The third-order valence-electron chi connectivity index (χ3n) is 5.42. The van der Waals surface area contributed by atoms with Crippen molar-refractivity contribution in [3.63, 3.8) is 0 Å². The minimum atomic E-state index is -0.464. The van der Waals surface area contributed by atoms with Crippen LogP contribution in [-0.4, -0.2) is 20.9 Å². The average molecular weight is 421 g/mol. The third kappa shape index (κ3) is 4.36. The molecule has 0 spiro atoms. The Morgan fingerprint density at radius 2 is 2.03 bits per heavy atom. The topological polar surface area (TPSA) is 82.4 Å². The molecule has 1 aliphatic carbocycles. The van der Waals surface area contributed by atoms with E-state index >= 15 is 0 Å². The number of benzene rings is 2. The number of hydrazone groups is 1. The molecule has 6 nitrogen and oxygen atoms in total. The maximum atomic E-state index is 12.3. The summed E-state index contributed by atoms with van der Waals surface area (Å²) in [5.41, 5.74) is 4.78. The second-order valence-corrected chi connectivity index (χ2v) is 7.79. The number of H-pyrrole nitrogens is 1. The Balaban J connectivity index is 1.56. The van der Waals surface area contributed by atoms with Gasteiger partial charge in [0.05, 0.1) is 11.9 Å². The summed E-state index contributed by atoms with van der Waals surface area (Å²) in [5, 5.41) is 17.0. The van der Waals surface area contributed by atoms with Crippen molar-refractivity contribution in [3.05, 3.63) is 74.8 Å². The molecular formula is C23H24N4O2S. The summed E-state index contributed by atoms with van der Waals surface area (Å²) in [4.78, 5) is 15.0. The van der Waals surface area contributed by atoms with E-state index in [9.17, 15) is 9.90 Å². The lowest BCUT2D eigenvalue weighted by Gasteiger charge is -2.15. The maximum Gasteiger partial charge on any atom is 0.264 e. The Morgan fingerprint density at radius 3 is 2.87 bits per heavy atom. The standard InChI is InChI=1S/C23H24N4O2S/c28-21-19(15-24-26-20-12-6-10-17-9-4-5-11-18(17)20)22(29)27(23(30)25-21)14-13-16-7-2-1-3-8-16/h4-7,9-12,15,26,29H,1-3,8,13-14H2,(H,25,28,30)/b24-15+. The van der Waals surface area contributed by atoms with Crippen molar-refractivity contribution in [2.24, 2.45) is 5.10 Å². The SMILES string of the molecule is O=c1[nH]c(=S)n(CCC2=CCCCC2)c(O)c1/C=N/Nc1cccc2ccccc12. The summed E-state index contributed by atoms with van der Waals surface area (Å²) >= 11 is 5.26. The first-order valence-electron chi connectivity index (χ1n) is 10.1. The first-order chi connectivity index (χ1) is 14.6. The molecule has 0 saturated heterocycles. The highest BCUT2D eigenvalue weighted by Gasteiger charge is 2.12. The average Bonchev–Trinajstić information content (AvgIpc) is 2.76. The first kappa shape index (κ1) is 20.1. The molecule has 0 saturated carbocycles. The summed E-state index contributed by atoms with van der Waals surface area (Å²) in [5.74, 6) is -0.163. The number of hydrogen-bond acceptors (Lipinski definition) is 5. The molecule has 1 heterocycles. The van der Waals surface area contributed by atoms with Crippen molar-refractivity contribution in [3.8, 4) is 5.88 Å². The van der Waals surface area contributed by atoms with Gasteiger partial charge in [-0.1, -0.05) is 48.0 Å². The van der Waals surface area contributed by atoms with E-state index in [0.29, 0.717) is 6.54 Å². The molecule has 154 valence electrons. The van der Waals surface area contributed by atoms with E-state index in [2.05, 4.69) is 21.6 Å². The summed E-state index contributed by atoms with van der Waals surface area (Å²) < 4.78 is 1.78. The van der Waals surface area contributed by atoms with Gasteiger partial charge in [0, 0.05) is 11.9 Å². The van der Waals surface area contributed by atoms with Gasteiger partial charge in [0.15, 0.2) is 4.77 Å². The van der Waals surface area contributed by atoms with Gasteiger partial charge in [-0.15, -0.1) is 0 Å². The van der Waals surface area contributed by atoms with Crippen LogP contribution in [0.15, 0.2) is 64.0 Å². The number of hydrogen-bond donors (Lipinski definition) is 3. The van der Waals surface area contributed by atoms with E-state index in [4.69, 9.17) is 12.2 Å². The predicted octanol–water partition coefficient (Wildman–Crippen LogP) is 5.10. The van der Waals surface area contributed by atoms with Gasteiger partial charge in [0.2, 0.25) is 5.88 Å². The molecule has 0 amide bonds. The molecule has 3 aromatic rings. The molecule has 3 N–H and O–H groups in total. The van der Waals surface area contributed by atoms with Crippen LogP contribution in [0.5, 0.6) is 5.88 Å². The van der Waals surface area contributed by atoms with Crippen molar-refractivity contribution in [2.75, 3.05) is 5.43 Å². The minimum Gasteiger partial charge on any atom is -0.494 e. The maximum absolute atomic E-state index is 12.3. The van der Waals surface area contributed by atoms with Gasteiger partial charge >= 0.3 is 0 Å². The lowest BCUT2D eigenvalue weighted by atomic mass is 9.97. The van der Waals surface area contributed by atoms with Crippen LogP contribution in [0.2, 0.25) is 0 Å². The van der Waals surface area contributed by atoms with Crippen molar-refractivity contribution >= 4 is 34.9 Å². The molecule has 0 aliphatic heterocycles. The van der Waals surface area contributed by atoms with Gasteiger partial charge in [-0.25, -0.2) is 0 Å². The monoisotopic (exact) mass is 420 g/mol. The van der Waals surface area contributed by atoms with E-state index in [1.807, 2.05) is 42.5 Å². The number of nitrogens with one attached hydrogen (secondary N) is 2. The van der Waals surface area contributed by atoms with Crippen LogP contribution >= 0.6 is 12.2 Å². The molecule has 0 fully saturated rings. The molecular weight excluding hydrogens is 396 g/mol. The molecule has 30 heavy (non-hydrogen) atoms. The van der Waals surface area contributed by atoms with Gasteiger partial charge in [0.25, 0.3) is 5.56 Å². The fraction of sp³-hybridized carbons (Fsp3) is 0.261. The van der Waals surface area contributed by atoms with Gasteiger partial charge in [-0.3, -0.25) is 19.8 Å². The zero-order valence-corrected chi connectivity index (χ0v) is 17.4. The first-order valence-corrected chi connectivity index (χ1v) is 10.5. The van der Waals surface area contributed by atoms with E-state index in [1.165, 1.54) is 24.6 Å². The smallest absolute Gasteiger partial charge is 0.264 e. The van der Waals surface area contributed by atoms with Crippen LogP contribution in [0.1, 0.15) is 37.7 Å². The number of anilines is 1. The highest BCUT2D eigenvalue weighted by Crippen LogP contribution is 2.24. The predicted molar refractivity (Wildman–Crippen MR) is 124 cm³/mol. The number of aromatic nitrogens is 2. The fourth-order valence-electron chi connectivity index (χ4n) is 3.78. The quantitative estimate of drug-likeness (QED) is 0.224. The molecule has 2 aromatic carbocycles. The van der Waals surface area contributed by atoms with Crippen LogP contribution in [0.4, 0.5) is 5.69 Å². The van der Waals surface area contributed by atoms with E-state index in [-0.39, 0.29) is 16.2 Å².